The highest BCUT2D eigenvalue weighted by molar-refractivity contribution is 7.98. The summed E-state index contributed by atoms with van der Waals surface area (Å²) in [6, 6.07) is 5.81. The first-order chi connectivity index (χ1) is 14.0. The smallest absolute Gasteiger partial charge is 0.336 e. The molecule has 0 atom stereocenters. The van der Waals surface area contributed by atoms with Crippen LogP contribution in [0.25, 0.3) is 21.2 Å². The van der Waals surface area contributed by atoms with E-state index in [4.69, 9.17) is 4.42 Å². The summed E-state index contributed by atoms with van der Waals surface area (Å²) in [5, 5.41) is 3.26. The maximum absolute atomic E-state index is 12.2. The minimum absolute atomic E-state index is 0.297. The van der Waals surface area contributed by atoms with Gasteiger partial charge in [0, 0.05) is 27.5 Å². The van der Waals surface area contributed by atoms with Crippen LogP contribution in [0.1, 0.15) is 53.3 Å². The van der Waals surface area contributed by atoms with Crippen LogP contribution in [0.3, 0.4) is 0 Å². The molecule has 1 aromatic carbocycles. The number of nitrogens with zero attached hydrogens (tertiary/aromatic N) is 2. The molecular formula is C23H22N2O2S2. The van der Waals surface area contributed by atoms with Gasteiger partial charge >= 0.3 is 5.63 Å². The average molecular weight is 423 g/mol. The van der Waals surface area contributed by atoms with E-state index in [1.54, 1.807) is 35.5 Å². The molecule has 0 saturated heterocycles. The quantitative estimate of drug-likeness (QED) is 0.229. The van der Waals surface area contributed by atoms with E-state index in [0.29, 0.717) is 17.3 Å². The fourth-order valence-corrected chi connectivity index (χ4v) is 6.60. The zero-order valence-corrected chi connectivity index (χ0v) is 18.4. The molecular weight excluding hydrogens is 400 g/mol. The van der Waals surface area contributed by atoms with Gasteiger partial charge in [0.05, 0.1) is 0 Å². The van der Waals surface area contributed by atoms with Crippen LogP contribution < -0.4 is 5.63 Å². The molecule has 6 heteroatoms. The van der Waals surface area contributed by atoms with Gasteiger partial charge in [-0.2, -0.15) is 0 Å². The number of thioether (sulfide) groups is 1. The molecule has 0 unspecified atom stereocenters. The van der Waals surface area contributed by atoms with Crippen LogP contribution in [0.15, 0.2) is 38.8 Å². The lowest BCUT2D eigenvalue weighted by Gasteiger charge is -2.13. The van der Waals surface area contributed by atoms with Crippen molar-refractivity contribution in [2.45, 2.75) is 56.7 Å². The van der Waals surface area contributed by atoms with Crippen molar-refractivity contribution in [1.82, 2.24) is 9.97 Å². The van der Waals surface area contributed by atoms with E-state index in [1.165, 1.54) is 27.8 Å². The van der Waals surface area contributed by atoms with E-state index in [2.05, 4.69) is 36.8 Å². The molecule has 4 nitrogen and oxygen atoms in total. The Bertz CT molecular complexity index is 1300. The summed E-state index contributed by atoms with van der Waals surface area (Å²) in [5.74, 6) is 1.10. The predicted octanol–water partition coefficient (Wildman–Crippen LogP) is 6.01. The largest absolute Gasteiger partial charge is 0.423 e. The van der Waals surface area contributed by atoms with Crippen LogP contribution in [0.5, 0.6) is 0 Å². The maximum Gasteiger partial charge on any atom is 0.336 e. The Hall–Kier alpha value is -2.18. The first-order valence-corrected chi connectivity index (χ1v) is 11.8. The van der Waals surface area contributed by atoms with Crippen LogP contribution in [0.4, 0.5) is 0 Å². The molecule has 1 aliphatic carbocycles. The van der Waals surface area contributed by atoms with Gasteiger partial charge in [0.25, 0.3) is 0 Å². The van der Waals surface area contributed by atoms with Crippen molar-refractivity contribution in [1.29, 1.82) is 0 Å². The Kier molecular flexibility index (Phi) is 4.71. The van der Waals surface area contributed by atoms with Gasteiger partial charge < -0.3 is 4.42 Å². The normalized spacial score (nSPS) is 13.7. The van der Waals surface area contributed by atoms with E-state index in [-0.39, 0.29) is 5.63 Å². The standard InChI is InChI=1S/C23H22N2O2S2/c1-12(2)16-9-17-14(8-20(26)27-18(17)7-13(16)3)10-28-22-21-15-5-4-6-19(15)29-23(21)25-11-24-22/h7-9,11-12H,4-6,10H2,1-3H3. The van der Waals surface area contributed by atoms with Gasteiger partial charge in [0.15, 0.2) is 0 Å². The van der Waals surface area contributed by atoms with Crippen LogP contribution in [-0.4, -0.2) is 9.97 Å². The van der Waals surface area contributed by atoms with Gasteiger partial charge in [-0.1, -0.05) is 13.8 Å². The summed E-state index contributed by atoms with van der Waals surface area (Å²) in [4.78, 5) is 23.8. The first-order valence-electron chi connectivity index (χ1n) is 9.96. The molecule has 1 aliphatic rings. The SMILES string of the molecule is Cc1cc2oc(=O)cc(CSc3ncnc4sc5c(c34)CCC5)c2cc1C(C)C. The molecule has 29 heavy (non-hydrogen) atoms. The van der Waals surface area contributed by atoms with Gasteiger partial charge in [0.2, 0.25) is 0 Å². The zero-order chi connectivity index (χ0) is 20.1. The highest BCUT2D eigenvalue weighted by atomic mass is 32.2. The van der Waals surface area contributed by atoms with Gasteiger partial charge in [-0.25, -0.2) is 14.8 Å². The van der Waals surface area contributed by atoms with Crippen LogP contribution >= 0.6 is 23.1 Å². The lowest BCUT2D eigenvalue weighted by atomic mass is 9.95. The Labute approximate surface area is 177 Å². The molecule has 5 rings (SSSR count). The van der Waals surface area contributed by atoms with Crippen molar-refractivity contribution in [2.24, 2.45) is 0 Å². The van der Waals surface area contributed by atoms with Gasteiger partial charge in [-0.3, -0.25) is 0 Å². The predicted molar refractivity (Wildman–Crippen MR) is 120 cm³/mol. The monoisotopic (exact) mass is 422 g/mol. The topological polar surface area (TPSA) is 56.0 Å². The first kappa shape index (κ1) is 18.8. The molecule has 0 radical (unpaired) electrons. The summed E-state index contributed by atoms with van der Waals surface area (Å²) in [7, 11) is 0. The summed E-state index contributed by atoms with van der Waals surface area (Å²) in [5.41, 5.74) is 5.25. The van der Waals surface area contributed by atoms with Gasteiger partial charge in [-0.05, 0) is 66.5 Å². The Morgan fingerprint density at radius 3 is 2.90 bits per heavy atom. The lowest BCUT2D eigenvalue weighted by Crippen LogP contribution is -2.02. The number of rotatable bonds is 4. The van der Waals surface area contributed by atoms with Crippen molar-refractivity contribution >= 4 is 44.3 Å². The third-order valence-corrected chi connectivity index (χ3v) is 7.91. The summed E-state index contributed by atoms with van der Waals surface area (Å²) in [6.45, 7) is 6.46. The molecule has 0 fully saturated rings. The zero-order valence-electron chi connectivity index (χ0n) is 16.7. The number of aryl methyl sites for hydroxylation is 3. The summed E-state index contributed by atoms with van der Waals surface area (Å²) in [6.07, 6.45) is 5.15. The van der Waals surface area contributed by atoms with Gasteiger partial charge in [0.1, 0.15) is 21.8 Å². The second kappa shape index (κ2) is 7.26. The number of hydrogen-bond donors (Lipinski definition) is 0. The third-order valence-electron chi connectivity index (χ3n) is 5.67. The Morgan fingerprint density at radius 2 is 2.07 bits per heavy atom. The number of aromatic nitrogens is 2. The number of benzene rings is 1. The number of thiophene rings is 1. The molecule has 4 aromatic rings. The average Bonchev–Trinajstić information content (AvgIpc) is 3.26. The molecule has 0 saturated carbocycles. The summed E-state index contributed by atoms with van der Waals surface area (Å²) < 4.78 is 5.50. The Balaban J connectivity index is 1.57. The lowest BCUT2D eigenvalue weighted by molar-refractivity contribution is 0.559. The van der Waals surface area contributed by atoms with Crippen LogP contribution in [0, 0.1) is 6.92 Å². The highest BCUT2D eigenvalue weighted by Crippen LogP contribution is 2.41. The summed E-state index contributed by atoms with van der Waals surface area (Å²) >= 11 is 3.50. The molecule has 148 valence electrons. The fourth-order valence-electron chi connectivity index (χ4n) is 4.29. The molecule has 0 aliphatic heterocycles. The van der Waals surface area contributed by atoms with Crippen molar-refractivity contribution in [3.63, 3.8) is 0 Å². The Morgan fingerprint density at radius 1 is 1.21 bits per heavy atom. The fraction of sp³-hybridized carbons (Fsp3) is 0.348. The van der Waals surface area contributed by atoms with Crippen molar-refractivity contribution in [3.05, 3.63) is 62.1 Å². The van der Waals surface area contributed by atoms with Gasteiger partial charge in [-0.15, -0.1) is 23.1 Å². The molecule has 0 spiro atoms. The maximum atomic E-state index is 12.2. The van der Waals surface area contributed by atoms with E-state index in [9.17, 15) is 4.79 Å². The number of hydrogen-bond acceptors (Lipinski definition) is 6. The van der Waals surface area contributed by atoms with Crippen LogP contribution in [0.2, 0.25) is 0 Å². The highest BCUT2D eigenvalue weighted by Gasteiger charge is 2.21. The second-order valence-corrected chi connectivity index (χ2v) is 10.0. The minimum atomic E-state index is -0.297. The van der Waals surface area contributed by atoms with E-state index >= 15 is 0 Å². The van der Waals surface area contributed by atoms with E-state index < -0.39 is 0 Å². The third kappa shape index (κ3) is 3.28. The molecule has 0 N–H and O–H groups in total. The number of fused-ring (bicyclic) bond motifs is 4. The molecule has 3 aromatic heterocycles. The minimum Gasteiger partial charge on any atom is -0.423 e. The molecule has 0 amide bonds. The van der Waals surface area contributed by atoms with E-state index in [0.717, 1.165) is 39.2 Å². The van der Waals surface area contributed by atoms with Crippen molar-refractivity contribution in [3.8, 4) is 0 Å². The van der Waals surface area contributed by atoms with Crippen molar-refractivity contribution in [2.75, 3.05) is 0 Å². The van der Waals surface area contributed by atoms with Crippen LogP contribution in [-0.2, 0) is 18.6 Å². The van der Waals surface area contributed by atoms with E-state index in [1.807, 2.05) is 6.07 Å². The van der Waals surface area contributed by atoms with Crippen molar-refractivity contribution < 1.29 is 4.42 Å². The molecule has 0 bridgehead atoms. The second-order valence-electron chi connectivity index (χ2n) is 7.96. The molecule has 3 heterocycles.